The summed E-state index contributed by atoms with van der Waals surface area (Å²) < 4.78 is 55.1. The van der Waals surface area contributed by atoms with E-state index in [0.29, 0.717) is 41.7 Å². The molecule has 3 aromatic carbocycles. The van der Waals surface area contributed by atoms with Gasteiger partial charge < -0.3 is 30.3 Å². The molecule has 10 nitrogen and oxygen atoms in total. The summed E-state index contributed by atoms with van der Waals surface area (Å²) in [6.45, 7) is -0.374. The van der Waals surface area contributed by atoms with Gasteiger partial charge >= 0.3 is 103 Å². The standard InChI is InChI=1S/C32H30Cl2F2N3O6S.2K.H2O/c1-46(43,44)38-26-11-4-5-12-27(26)39-29(24-14-13-21(33)16-25(24)34)28(22-9-2-3-10-23(22)31(39)42)30(41)37-45-17-19-7-6-8-20(15-19)32(35,36)18-40;;;/h2-3,6-10,13-16,26-29,38H,4-5,11-12,17H2,1H3,(H,37,41);;;1H2/q-1;2*+1;/t26-,27-,28+,29-;;;/m0.../s1. The molecule has 0 bridgehead atoms. The van der Waals surface area contributed by atoms with E-state index in [2.05, 4.69) is 10.2 Å². The number of nitrogens with one attached hydrogen (secondary N) is 1. The first kappa shape index (κ1) is 45.0. The van der Waals surface area contributed by atoms with Crippen molar-refractivity contribution in [2.75, 3.05) is 6.26 Å². The summed E-state index contributed by atoms with van der Waals surface area (Å²) >= 11 is 12.9. The van der Waals surface area contributed by atoms with E-state index >= 15 is 0 Å². The smallest absolute Gasteiger partial charge is 0.536 e. The van der Waals surface area contributed by atoms with Crippen LogP contribution in [0.4, 0.5) is 8.78 Å². The molecular formula is C32H32Cl2F2K2N3O7S+. The molecule has 2 aliphatic rings. The van der Waals surface area contributed by atoms with Gasteiger partial charge in [-0.1, -0.05) is 84.6 Å². The van der Waals surface area contributed by atoms with Crippen LogP contribution in [0.5, 0.6) is 0 Å². The Labute approximate surface area is 378 Å². The Hall–Kier alpha value is -0.187. The largest absolute Gasteiger partial charge is 1.00 e. The third-order valence-electron chi connectivity index (χ3n) is 8.18. The number of carbonyl (C=O) groups excluding carboxylic acids is 3. The first-order chi connectivity index (χ1) is 21.8. The second-order valence-electron chi connectivity index (χ2n) is 11.3. The van der Waals surface area contributed by atoms with Crippen molar-refractivity contribution in [3.63, 3.8) is 0 Å². The zero-order valence-corrected chi connectivity index (χ0v) is 35.6. The van der Waals surface area contributed by atoms with Gasteiger partial charge in [0.25, 0.3) is 5.91 Å². The maximum absolute atomic E-state index is 14.3. The van der Waals surface area contributed by atoms with E-state index in [-0.39, 0.29) is 131 Å². The van der Waals surface area contributed by atoms with Crippen molar-refractivity contribution in [2.45, 2.75) is 62.3 Å². The van der Waals surface area contributed by atoms with E-state index < -0.39 is 57.4 Å². The minimum atomic E-state index is -3.82. The first-order valence-electron chi connectivity index (χ1n) is 14.4. The Bertz CT molecular complexity index is 1770. The van der Waals surface area contributed by atoms with Gasteiger partial charge in [-0.2, -0.15) is 6.29 Å². The number of hydroxylamine groups is 1. The molecule has 0 saturated heterocycles. The SMILES string of the molecule is CS(=O)(=O)N[C@H]1CCCC[C@@H]1N1C(=O)c2ccccc2[C@@H](C(=O)[N-]OCc2cccc(C(F)(F)[C-]=O)c2)[C@@H]1c1ccc(Cl)cc1Cl.[K+].[K+].[OH3+]. The molecule has 0 aromatic heterocycles. The number of benzene rings is 3. The van der Waals surface area contributed by atoms with E-state index in [1.807, 2.05) is 0 Å². The van der Waals surface area contributed by atoms with E-state index in [0.717, 1.165) is 24.8 Å². The number of fused-ring (bicyclic) bond motifs is 1. The Morgan fingerprint density at radius 3 is 2.41 bits per heavy atom. The molecule has 17 heteroatoms. The van der Waals surface area contributed by atoms with Crippen LogP contribution in [0, 0.1) is 0 Å². The molecule has 252 valence electrons. The van der Waals surface area contributed by atoms with Gasteiger partial charge in [-0.3, -0.25) is 4.79 Å². The second-order valence-corrected chi connectivity index (χ2v) is 13.9. The summed E-state index contributed by atoms with van der Waals surface area (Å²) in [4.78, 5) is 46.0. The van der Waals surface area contributed by atoms with Gasteiger partial charge in [-0.25, -0.2) is 21.9 Å². The molecule has 4 N–H and O–H groups in total. The summed E-state index contributed by atoms with van der Waals surface area (Å²) in [5.74, 6) is -6.16. The van der Waals surface area contributed by atoms with Gasteiger partial charge in [0.05, 0.1) is 30.7 Å². The summed E-state index contributed by atoms with van der Waals surface area (Å²) in [7, 11) is -3.66. The first-order valence-corrected chi connectivity index (χ1v) is 17.0. The van der Waals surface area contributed by atoms with Crippen molar-refractivity contribution in [3.8, 4) is 0 Å². The Balaban J connectivity index is 0.00000278. The van der Waals surface area contributed by atoms with Gasteiger partial charge in [0, 0.05) is 27.7 Å². The summed E-state index contributed by atoms with van der Waals surface area (Å²) in [6, 6.07) is 13.8. The molecule has 1 saturated carbocycles. The molecule has 5 rings (SSSR count). The second kappa shape index (κ2) is 19.2. The van der Waals surface area contributed by atoms with Crippen molar-refractivity contribution in [3.05, 3.63) is 110 Å². The molecule has 3 aromatic rings. The fourth-order valence-electron chi connectivity index (χ4n) is 6.25. The minimum absolute atomic E-state index is 0. The van der Waals surface area contributed by atoms with Crippen LogP contribution < -0.4 is 107 Å². The maximum Gasteiger partial charge on any atom is 1.00 e. The number of amides is 2. The summed E-state index contributed by atoms with van der Waals surface area (Å²) in [5.41, 5.74) is 4.46. The molecule has 49 heavy (non-hydrogen) atoms. The van der Waals surface area contributed by atoms with Gasteiger partial charge in [-0.05, 0) is 53.3 Å². The van der Waals surface area contributed by atoms with Gasteiger partial charge in [0.15, 0.2) is 5.92 Å². The Morgan fingerprint density at radius 2 is 1.73 bits per heavy atom. The maximum atomic E-state index is 14.3. The zero-order valence-electron chi connectivity index (χ0n) is 27.0. The summed E-state index contributed by atoms with van der Waals surface area (Å²) in [5, 5.41) is 0.509. The number of rotatable bonds is 10. The number of nitrogens with zero attached hydrogens (tertiary/aromatic N) is 2. The van der Waals surface area contributed by atoms with Crippen molar-refractivity contribution < 1.29 is 145 Å². The monoisotopic (exact) mass is 788 g/mol. The molecule has 1 aliphatic carbocycles. The number of sulfonamides is 1. The molecule has 1 aliphatic heterocycles. The fraction of sp³-hybridized carbons (Fsp3) is 0.344. The van der Waals surface area contributed by atoms with Crippen LogP contribution in [0.3, 0.4) is 0 Å². The van der Waals surface area contributed by atoms with Crippen LogP contribution in [0.1, 0.15) is 70.3 Å². The molecule has 4 atom stereocenters. The van der Waals surface area contributed by atoms with Crippen LogP contribution in [-0.2, 0) is 42.5 Å². The van der Waals surface area contributed by atoms with Gasteiger partial charge in [0.1, 0.15) is 0 Å². The predicted molar refractivity (Wildman–Crippen MR) is 173 cm³/mol. The van der Waals surface area contributed by atoms with E-state index in [1.54, 1.807) is 36.4 Å². The molecule has 1 fully saturated rings. The topological polar surface area (TPSA) is 157 Å². The van der Waals surface area contributed by atoms with Crippen molar-refractivity contribution in [1.29, 1.82) is 0 Å². The molecular weight excluding hydrogens is 758 g/mol. The van der Waals surface area contributed by atoms with Crippen LogP contribution in [0.15, 0.2) is 66.7 Å². The number of hydrogen-bond donors (Lipinski definition) is 1. The predicted octanol–water partition coefficient (Wildman–Crippen LogP) is -0.546. The third-order valence-corrected chi connectivity index (χ3v) is 9.47. The van der Waals surface area contributed by atoms with Gasteiger partial charge in [0.2, 0.25) is 10.0 Å². The van der Waals surface area contributed by atoms with Crippen molar-refractivity contribution >= 4 is 51.3 Å². The fourth-order valence-corrected chi connectivity index (χ4v) is 7.60. The van der Waals surface area contributed by atoms with E-state index in [1.165, 1.54) is 23.1 Å². The number of carbonyl (C=O) groups is 2. The van der Waals surface area contributed by atoms with Crippen LogP contribution in [-0.4, -0.2) is 49.8 Å². The number of hydrogen-bond acceptors (Lipinski definition) is 6. The van der Waals surface area contributed by atoms with E-state index in [4.69, 9.17) is 28.0 Å². The van der Waals surface area contributed by atoms with Crippen LogP contribution in [0.2, 0.25) is 10.0 Å². The summed E-state index contributed by atoms with van der Waals surface area (Å²) in [6.07, 6.45) is 4.12. The molecule has 0 spiro atoms. The normalized spacial score (nSPS) is 20.5. The Kier molecular flexibility index (Phi) is 17.7. The van der Waals surface area contributed by atoms with Gasteiger partial charge in [-0.15, -0.1) is 0 Å². The van der Waals surface area contributed by atoms with Crippen LogP contribution >= 0.6 is 23.2 Å². The average Bonchev–Trinajstić information content (AvgIpc) is 3.01. The third kappa shape index (κ3) is 10.7. The molecule has 1 heterocycles. The van der Waals surface area contributed by atoms with Crippen molar-refractivity contribution in [2.24, 2.45) is 0 Å². The number of alkyl halides is 2. The zero-order chi connectivity index (χ0) is 33.2. The quantitative estimate of drug-likeness (QED) is 0.126. The van der Waals surface area contributed by atoms with E-state index in [9.17, 15) is 31.6 Å². The minimum Gasteiger partial charge on any atom is -0.536 e. The molecule has 2 amide bonds. The molecule has 0 unspecified atom stereocenters. The van der Waals surface area contributed by atoms with Crippen LogP contribution in [0.25, 0.3) is 5.48 Å². The average molecular weight is 790 g/mol. The number of halogens is 4. The molecule has 0 radical (unpaired) electrons. The van der Waals surface area contributed by atoms with Crippen molar-refractivity contribution in [1.82, 2.24) is 9.62 Å². The Morgan fingerprint density at radius 1 is 1.04 bits per heavy atom.